The van der Waals surface area contributed by atoms with E-state index in [9.17, 15) is 0 Å². The zero-order chi connectivity index (χ0) is 9.11. The third kappa shape index (κ3) is 47.1. The lowest BCUT2D eigenvalue weighted by Crippen LogP contribution is -2.21. The van der Waals surface area contributed by atoms with Crippen LogP contribution in [0.1, 0.15) is 0 Å². The molecule has 0 aliphatic heterocycles. The van der Waals surface area contributed by atoms with E-state index in [-0.39, 0.29) is 13.2 Å². The highest BCUT2D eigenvalue weighted by atomic mass is 16.6. The summed E-state index contributed by atoms with van der Waals surface area (Å²) < 4.78 is 0. The molecule has 0 aliphatic rings. The maximum atomic E-state index is 8.56. The number of hydrogen-bond donors (Lipinski definition) is 5. The van der Waals surface area contributed by atoms with Gasteiger partial charge in [-0.3, -0.25) is 0 Å². The number of carbonyl (C=O) groups is 1. The van der Waals surface area contributed by atoms with Gasteiger partial charge in [0.05, 0.1) is 13.2 Å². The van der Waals surface area contributed by atoms with Crippen LogP contribution in [0, 0.1) is 0 Å². The summed E-state index contributed by atoms with van der Waals surface area (Å²) in [4.78, 5) is 8.56. The Morgan fingerprint density at radius 2 is 1.36 bits per heavy atom. The van der Waals surface area contributed by atoms with E-state index >= 15 is 0 Å². The summed E-state index contributed by atoms with van der Waals surface area (Å²) in [7, 11) is 0. The minimum absolute atomic E-state index is 0.139. The summed E-state index contributed by atoms with van der Waals surface area (Å²) in [6, 6.07) is 0. The van der Waals surface area contributed by atoms with Gasteiger partial charge in [-0.15, -0.1) is 0 Å². The quantitative estimate of drug-likeness (QED) is 0.336. The molecule has 0 aliphatic carbocycles. The highest BCUT2D eigenvalue weighted by molar-refractivity contribution is 5.53. The third-order valence-corrected chi connectivity index (χ3v) is 0.577. The van der Waals surface area contributed by atoms with Crippen LogP contribution in [0.3, 0.4) is 0 Å². The van der Waals surface area contributed by atoms with Crippen molar-refractivity contribution >= 4 is 6.16 Å². The van der Waals surface area contributed by atoms with E-state index in [1.54, 1.807) is 0 Å². The average Bonchev–Trinajstić information content (AvgIpc) is 1.88. The van der Waals surface area contributed by atoms with Crippen LogP contribution in [0.2, 0.25) is 0 Å². The number of rotatable bonds is 4. The molecule has 0 radical (unpaired) electrons. The molecule has 0 atom stereocenters. The van der Waals surface area contributed by atoms with Crippen LogP contribution in [-0.2, 0) is 0 Å². The first kappa shape index (κ1) is 12.8. The second kappa shape index (κ2) is 11.9. The van der Waals surface area contributed by atoms with Crippen LogP contribution in [0.5, 0.6) is 0 Å². The summed E-state index contributed by atoms with van der Waals surface area (Å²) in [6.07, 6.45) is -1.83. The van der Waals surface area contributed by atoms with E-state index in [4.69, 9.17) is 25.2 Å². The van der Waals surface area contributed by atoms with Crippen molar-refractivity contribution in [2.24, 2.45) is 0 Å². The lowest BCUT2D eigenvalue weighted by atomic mass is 10.6. The molecule has 0 saturated carbocycles. The van der Waals surface area contributed by atoms with E-state index in [2.05, 4.69) is 5.32 Å². The Morgan fingerprint density at radius 1 is 1.09 bits per heavy atom. The van der Waals surface area contributed by atoms with Crippen molar-refractivity contribution in [2.75, 3.05) is 26.3 Å². The number of aliphatic hydroxyl groups excluding tert-OH is 2. The van der Waals surface area contributed by atoms with Crippen molar-refractivity contribution in [2.45, 2.75) is 0 Å². The molecule has 0 bridgehead atoms. The molecule has 6 nitrogen and oxygen atoms in total. The Hall–Kier alpha value is -0.850. The maximum Gasteiger partial charge on any atom is 0.503 e. The van der Waals surface area contributed by atoms with E-state index < -0.39 is 6.16 Å². The molecule has 0 saturated heterocycles. The predicted octanol–water partition coefficient (Wildman–Crippen LogP) is -1.22. The van der Waals surface area contributed by atoms with Crippen molar-refractivity contribution in [1.29, 1.82) is 0 Å². The zero-order valence-electron chi connectivity index (χ0n) is 6.03. The Kier molecular flexibility index (Phi) is 13.8. The van der Waals surface area contributed by atoms with Crippen molar-refractivity contribution in [1.82, 2.24) is 5.32 Å². The Bertz CT molecular complexity index is 78.9. The average molecular weight is 167 g/mol. The van der Waals surface area contributed by atoms with E-state index in [1.807, 2.05) is 0 Å². The first-order valence-corrected chi connectivity index (χ1v) is 2.99. The standard InChI is InChI=1S/C4H11NO2.CH2O3/c6-3-1-5-2-4-7;2-1(3)4/h5-7H,1-4H2;(H2,2,3,4). The number of aliphatic hydroxyl groups is 2. The van der Waals surface area contributed by atoms with Crippen molar-refractivity contribution in [3.63, 3.8) is 0 Å². The van der Waals surface area contributed by atoms with Crippen LogP contribution in [0.25, 0.3) is 0 Å². The number of carboxylic acid groups (broad SMARTS) is 2. The second-order valence-corrected chi connectivity index (χ2v) is 1.48. The molecule has 0 aromatic heterocycles. The second-order valence-electron chi connectivity index (χ2n) is 1.48. The van der Waals surface area contributed by atoms with Gasteiger partial charge in [0.1, 0.15) is 0 Å². The predicted molar refractivity (Wildman–Crippen MR) is 37.7 cm³/mol. The van der Waals surface area contributed by atoms with Gasteiger partial charge < -0.3 is 25.7 Å². The van der Waals surface area contributed by atoms with Crippen molar-refractivity contribution in [3.8, 4) is 0 Å². The molecule has 11 heavy (non-hydrogen) atoms. The van der Waals surface area contributed by atoms with E-state index in [0.29, 0.717) is 13.1 Å². The largest absolute Gasteiger partial charge is 0.503 e. The van der Waals surface area contributed by atoms with Gasteiger partial charge >= 0.3 is 6.16 Å². The number of hydrogen-bond acceptors (Lipinski definition) is 4. The van der Waals surface area contributed by atoms with Crippen LogP contribution in [0.4, 0.5) is 4.79 Å². The molecule has 0 amide bonds. The first-order valence-electron chi connectivity index (χ1n) is 2.99. The topological polar surface area (TPSA) is 110 Å². The Balaban J connectivity index is 0. The molecule has 5 N–H and O–H groups in total. The molecular formula is C5H13NO5. The fourth-order valence-electron chi connectivity index (χ4n) is 0.283. The molecule has 6 heteroatoms. The molecule has 0 unspecified atom stereocenters. The number of nitrogens with one attached hydrogen (secondary N) is 1. The van der Waals surface area contributed by atoms with Gasteiger partial charge in [-0.25, -0.2) is 4.79 Å². The zero-order valence-corrected chi connectivity index (χ0v) is 6.03. The summed E-state index contributed by atoms with van der Waals surface area (Å²) in [5.41, 5.74) is 0. The Morgan fingerprint density at radius 3 is 1.55 bits per heavy atom. The molecular weight excluding hydrogens is 154 g/mol. The monoisotopic (exact) mass is 167 g/mol. The molecule has 0 aromatic rings. The summed E-state index contributed by atoms with van der Waals surface area (Å²) in [5, 5.41) is 33.0. The molecule has 0 fully saturated rings. The third-order valence-electron chi connectivity index (χ3n) is 0.577. The van der Waals surface area contributed by atoms with Crippen LogP contribution < -0.4 is 5.32 Å². The smallest absolute Gasteiger partial charge is 0.450 e. The van der Waals surface area contributed by atoms with Gasteiger partial charge in [-0.2, -0.15) is 0 Å². The van der Waals surface area contributed by atoms with Gasteiger partial charge in [-0.05, 0) is 0 Å². The molecule has 0 aromatic carbocycles. The van der Waals surface area contributed by atoms with Crippen molar-refractivity contribution < 1.29 is 25.2 Å². The first-order chi connectivity index (χ1) is 5.15. The summed E-state index contributed by atoms with van der Waals surface area (Å²) in [5.74, 6) is 0. The maximum absolute atomic E-state index is 8.56. The fourth-order valence-corrected chi connectivity index (χ4v) is 0.283. The SMILES string of the molecule is O=C(O)O.OCCNCCO. The van der Waals surface area contributed by atoms with E-state index in [0.717, 1.165) is 0 Å². The van der Waals surface area contributed by atoms with Gasteiger partial charge in [0, 0.05) is 13.1 Å². The van der Waals surface area contributed by atoms with Gasteiger partial charge in [-0.1, -0.05) is 0 Å². The van der Waals surface area contributed by atoms with Crippen LogP contribution in [-0.4, -0.2) is 52.9 Å². The van der Waals surface area contributed by atoms with Crippen LogP contribution >= 0.6 is 0 Å². The lowest BCUT2D eigenvalue weighted by molar-refractivity contribution is 0.137. The minimum atomic E-state index is -1.83. The van der Waals surface area contributed by atoms with E-state index in [1.165, 1.54) is 0 Å². The van der Waals surface area contributed by atoms with Crippen LogP contribution in [0.15, 0.2) is 0 Å². The minimum Gasteiger partial charge on any atom is -0.450 e. The van der Waals surface area contributed by atoms with Gasteiger partial charge in [0.2, 0.25) is 0 Å². The molecule has 0 rings (SSSR count). The molecule has 0 heterocycles. The normalized spacial score (nSPS) is 8.18. The molecule has 0 spiro atoms. The van der Waals surface area contributed by atoms with Crippen molar-refractivity contribution in [3.05, 3.63) is 0 Å². The van der Waals surface area contributed by atoms with Gasteiger partial charge in [0.15, 0.2) is 0 Å². The lowest BCUT2D eigenvalue weighted by Gasteiger charge is -1.94. The summed E-state index contributed by atoms with van der Waals surface area (Å²) in [6.45, 7) is 1.42. The molecule has 68 valence electrons. The highest BCUT2D eigenvalue weighted by Gasteiger charge is 1.78. The Labute approximate surface area is 64.1 Å². The highest BCUT2D eigenvalue weighted by Crippen LogP contribution is 1.54. The van der Waals surface area contributed by atoms with Gasteiger partial charge in [0.25, 0.3) is 0 Å². The summed E-state index contributed by atoms with van der Waals surface area (Å²) >= 11 is 0. The fraction of sp³-hybridized carbons (Fsp3) is 0.800.